The van der Waals surface area contributed by atoms with E-state index in [1.807, 2.05) is 35.9 Å². The summed E-state index contributed by atoms with van der Waals surface area (Å²) in [5.41, 5.74) is 3.41. The largest absolute Gasteiger partial charge is 0.274 e. The minimum absolute atomic E-state index is 0.00743. The number of carbonyl (C=O) groups is 1. The predicted molar refractivity (Wildman–Crippen MR) is 106 cm³/mol. The summed E-state index contributed by atoms with van der Waals surface area (Å²) in [7, 11) is 0. The fourth-order valence-electron chi connectivity index (χ4n) is 3.68. The van der Waals surface area contributed by atoms with Gasteiger partial charge in [0.1, 0.15) is 6.33 Å². The number of nitrogens with zero attached hydrogens (tertiary/aromatic N) is 4. The molecule has 4 rings (SSSR count). The molecule has 2 aromatic carbocycles. The van der Waals surface area contributed by atoms with E-state index in [-0.39, 0.29) is 18.0 Å². The monoisotopic (exact) mass is 380 g/mol. The minimum Gasteiger partial charge on any atom is -0.274 e. The number of aryl methyl sites for hydroxylation is 1. The Labute approximate surface area is 163 Å². The first-order valence-corrected chi connectivity index (χ1v) is 9.50. The van der Waals surface area contributed by atoms with Gasteiger partial charge in [0, 0.05) is 11.4 Å². The standard InChI is InChI=1S/C21H21ClN4O/c1-3-20(27)25-18(15-6-4-14(2)5-7-15)12-19(26-21(25)23-13-24-26)16-8-10-17(22)11-9-16/h4-11,13,18-19H,3,12H2,1-2H3. The van der Waals surface area contributed by atoms with Crippen LogP contribution in [0, 0.1) is 6.92 Å². The fraction of sp³-hybridized carbons (Fsp3) is 0.286. The van der Waals surface area contributed by atoms with Crippen LogP contribution in [0.25, 0.3) is 0 Å². The zero-order valence-corrected chi connectivity index (χ0v) is 16.1. The molecule has 2 unspecified atom stereocenters. The molecule has 0 radical (unpaired) electrons. The summed E-state index contributed by atoms with van der Waals surface area (Å²) in [6, 6.07) is 16.1. The fourth-order valence-corrected chi connectivity index (χ4v) is 3.81. The SMILES string of the molecule is CCC(=O)N1c2ncnn2C(c2ccc(Cl)cc2)CC1c1ccc(C)cc1. The highest BCUT2D eigenvalue weighted by molar-refractivity contribution is 6.30. The Kier molecular flexibility index (Phi) is 4.70. The van der Waals surface area contributed by atoms with Gasteiger partial charge >= 0.3 is 0 Å². The molecule has 1 aliphatic heterocycles. The molecular formula is C21H21ClN4O. The van der Waals surface area contributed by atoms with Gasteiger partial charge in [-0.3, -0.25) is 9.69 Å². The average Bonchev–Trinajstić information content (AvgIpc) is 3.17. The molecule has 1 aromatic heterocycles. The van der Waals surface area contributed by atoms with Crippen LogP contribution < -0.4 is 4.90 Å². The van der Waals surface area contributed by atoms with Crippen molar-refractivity contribution < 1.29 is 4.79 Å². The molecule has 0 fully saturated rings. The van der Waals surface area contributed by atoms with Gasteiger partial charge in [-0.1, -0.05) is 60.5 Å². The molecule has 1 aliphatic rings. The maximum atomic E-state index is 12.8. The van der Waals surface area contributed by atoms with Crippen molar-refractivity contribution in [1.82, 2.24) is 14.8 Å². The first-order chi connectivity index (χ1) is 13.1. The highest BCUT2D eigenvalue weighted by atomic mass is 35.5. The van der Waals surface area contributed by atoms with Crippen LogP contribution in [0.5, 0.6) is 0 Å². The lowest BCUT2D eigenvalue weighted by molar-refractivity contribution is -0.119. The maximum absolute atomic E-state index is 12.8. The first-order valence-electron chi connectivity index (χ1n) is 9.12. The Balaban J connectivity index is 1.83. The number of hydrogen-bond donors (Lipinski definition) is 0. The second-order valence-electron chi connectivity index (χ2n) is 6.85. The maximum Gasteiger partial charge on any atom is 0.231 e. The van der Waals surface area contributed by atoms with E-state index in [0.717, 1.165) is 17.5 Å². The van der Waals surface area contributed by atoms with Crippen LogP contribution in [-0.4, -0.2) is 20.7 Å². The van der Waals surface area contributed by atoms with Crippen LogP contribution in [0.1, 0.15) is 48.5 Å². The highest BCUT2D eigenvalue weighted by Crippen LogP contribution is 2.42. The number of benzene rings is 2. The third-order valence-electron chi connectivity index (χ3n) is 5.11. The summed E-state index contributed by atoms with van der Waals surface area (Å²) in [6.45, 7) is 3.94. The molecule has 0 bridgehead atoms. The van der Waals surface area contributed by atoms with Crippen LogP contribution in [0.4, 0.5) is 5.95 Å². The molecule has 0 spiro atoms. The minimum atomic E-state index is -0.0876. The second-order valence-corrected chi connectivity index (χ2v) is 7.29. The van der Waals surface area contributed by atoms with Crippen molar-refractivity contribution >= 4 is 23.5 Å². The summed E-state index contributed by atoms with van der Waals surface area (Å²) in [5, 5.41) is 5.13. The summed E-state index contributed by atoms with van der Waals surface area (Å²) in [5.74, 6) is 0.642. The van der Waals surface area contributed by atoms with Crippen molar-refractivity contribution in [3.8, 4) is 0 Å². The van der Waals surface area contributed by atoms with Crippen LogP contribution in [0.3, 0.4) is 0 Å². The number of anilines is 1. The first kappa shape index (κ1) is 17.7. The molecule has 2 heterocycles. The van der Waals surface area contributed by atoms with E-state index in [1.165, 1.54) is 11.9 Å². The molecule has 138 valence electrons. The van der Waals surface area contributed by atoms with E-state index < -0.39 is 0 Å². The number of hydrogen-bond acceptors (Lipinski definition) is 3. The zero-order valence-electron chi connectivity index (χ0n) is 15.3. The molecule has 0 saturated heterocycles. The van der Waals surface area contributed by atoms with Crippen molar-refractivity contribution in [3.63, 3.8) is 0 Å². The van der Waals surface area contributed by atoms with Gasteiger partial charge in [0.25, 0.3) is 0 Å². The van der Waals surface area contributed by atoms with Gasteiger partial charge < -0.3 is 0 Å². The lowest BCUT2D eigenvalue weighted by atomic mass is 9.91. The Morgan fingerprint density at radius 1 is 1.07 bits per heavy atom. The molecule has 0 saturated carbocycles. The molecule has 27 heavy (non-hydrogen) atoms. The molecule has 0 N–H and O–H groups in total. The van der Waals surface area contributed by atoms with Crippen LogP contribution in [0.15, 0.2) is 54.9 Å². The Hall–Kier alpha value is -2.66. The summed E-state index contributed by atoms with van der Waals surface area (Å²) < 4.78 is 1.85. The van der Waals surface area contributed by atoms with Gasteiger partial charge in [0.2, 0.25) is 11.9 Å². The molecule has 1 amide bonds. The third kappa shape index (κ3) is 3.23. The molecular weight excluding hydrogens is 360 g/mol. The predicted octanol–water partition coefficient (Wildman–Crippen LogP) is 4.72. The van der Waals surface area contributed by atoms with E-state index in [4.69, 9.17) is 11.6 Å². The van der Waals surface area contributed by atoms with E-state index in [9.17, 15) is 4.79 Å². The van der Waals surface area contributed by atoms with Gasteiger partial charge in [-0.25, -0.2) is 4.68 Å². The normalized spacial score (nSPS) is 19.0. The van der Waals surface area contributed by atoms with E-state index in [1.54, 1.807) is 4.90 Å². The van der Waals surface area contributed by atoms with Crippen LogP contribution >= 0.6 is 11.6 Å². The molecule has 0 aliphatic carbocycles. The third-order valence-corrected chi connectivity index (χ3v) is 5.36. The van der Waals surface area contributed by atoms with Gasteiger partial charge in [0.15, 0.2) is 0 Å². The van der Waals surface area contributed by atoms with Crippen molar-refractivity contribution in [2.75, 3.05) is 4.90 Å². The van der Waals surface area contributed by atoms with E-state index in [0.29, 0.717) is 17.4 Å². The van der Waals surface area contributed by atoms with Gasteiger partial charge in [0.05, 0.1) is 12.1 Å². The molecule has 2 atom stereocenters. The summed E-state index contributed by atoms with van der Waals surface area (Å²) in [4.78, 5) is 19.0. The van der Waals surface area contributed by atoms with Crippen molar-refractivity contribution in [3.05, 3.63) is 76.6 Å². The zero-order chi connectivity index (χ0) is 19.0. The average molecular weight is 381 g/mol. The van der Waals surface area contributed by atoms with Gasteiger partial charge in [-0.2, -0.15) is 10.1 Å². The summed E-state index contributed by atoms with van der Waals surface area (Å²) in [6.07, 6.45) is 2.67. The smallest absolute Gasteiger partial charge is 0.231 e. The molecule has 5 nitrogen and oxygen atoms in total. The number of rotatable bonds is 3. The Morgan fingerprint density at radius 3 is 2.37 bits per heavy atom. The topological polar surface area (TPSA) is 51.0 Å². The van der Waals surface area contributed by atoms with E-state index in [2.05, 4.69) is 41.3 Å². The van der Waals surface area contributed by atoms with Crippen LogP contribution in [-0.2, 0) is 4.79 Å². The van der Waals surface area contributed by atoms with Gasteiger partial charge in [-0.05, 0) is 36.6 Å². The highest BCUT2D eigenvalue weighted by Gasteiger charge is 2.38. The molecule has 6 heteroatoms. The number of carbonyl (C=O) groups excluding carboxylic acids is 1. The van der Waals surface area contributed by atoms with Gasteiger partial charge in [-0.15, -0.1) is 0 Å². The van der Waals surface area contributed by atoms with Crippen molar-refractivity contribution in [1.29, 1.82) is 0 Å². The Bertz CT molecular complexity index is 949. The molecule has 3 aromatic rings. The quantitative estimate of drug-likeness (QED) is 0.660. The number of fused-ring (bicyclic) bond motifs is 1. The second kappa shape index (κ2) is 7.16. The number of amides is 1. The van der Waals surface area contributed by atoms with Crippen molar-refractivity contribution in [2.45, 2.75) is 38.8 Å². The lowest BCUT2D eigenvalue weighted by Gasteiger charge is -2.39. The van der Waals surface area contributed by atoms with Crippen molar-refractivity contribution in [2.24, 2.45) is 0 Å². The van der Waals surface area contributed by atoms with E-state index >= 15 is 0 Å². The number of halogens is 1. The van der Waals surface area contributed by atoms with Crippen LogP contribution in [0.2, 0.25) is 5.02 Å². The lowest BCUT2D eigenvalue weighted by Crippen LogP contribution is -2.42. The number of aromatic nitrogens is 3. The summed E-state index contributed by atoms with van der Waals surface area (Å²) >= 11 is 6.06. The Morgan fingerprint density at radius 2 is 1.70 bits per heavy atom.